The van der Waals surface area contributed by atoms with Crippen molar-refractivity contribution in [3.8, 4) is 17.1 Å². The zero-order valence-electron chi connectivity index (χ0n) is 13.9. The van der Waals surface area contributed by atoms with Crippen molar-refractivity contribution in [3.05, 3.63) is 65.9 Å². The average Bonchev–Trinajstić information content (AvgIpc) is 2.99. The second kappa shape index (κ2) is 5.90. The summed E-state index contributed by atoms with van der Waals surface area (Å²) in [4.78, 5) is 9.02. The van der Waals surface area contributed by atoms with Crippen LogP contribution in [0.25, 0.3) is 17.2 Å². The molecule has 0 spiro atoms. The predicted octanol–water partition coefficient (Wildman–Crippen LogP) is 3.86. The minimum Gasteiger partial charge on any atom is -0.508 e. The highest BCUT2D eigenvalue weighted by molar-refractivity contribution is 5.63. The van der Waals surface area contributed by atoms with Gasteiger partial charge in [0.05, 0.1) is 0 Å². The molecule has 2 heterocycles. The van der Waals surface area contributed by atoms with Gasteiger partial charge in [-0.05, 0) is 32.0 Å². The van der Waals surface area contributed by atoms with Crippen LogP contribution in [0.3, 0.4) is 0 Å². The van der Waals surface area contributed by atoms with Crippen molar-refractivity contribution >= 4 is 17.3 Å². The maximum absolute atomic E-state index is 9.65. The lowest BCUT2D eigenvalue weighted by atomic mass is 10.1. The van der Waals surface area contributed by atoms with Gasteiger partial charge in [-0.2, -0.15) is 9.50 Å². The number of nitrogens with zero attached hydrogens (tertiary/aromatic N) is 4. The number of aromatic hydroxyl groups is 1. The van der Waals surface area contributed by atoms with Crippen molar-refractivity contribution in [1.29, 1.82) is 0 Å². The first-order valence-corrected chi connectivity index (χ1v) is 7.96. The topological polar surface area (TPSA) is 75.3 Å². The highest BCUT2D eigenvalue weighted by Gasteiger charge is 2.12. The average molecular weight is 331 g/mol. The lowest BCUT2D eigenvalue weighted by Gasteiger charge is -2.08. The normalized spacial score (nSPS) is 11.0. The van der Waals surface area contributed by atoms with E-state index < -0.39 is 0 Å². The van der Waals surface area contributed by atoms with Gasteiger partial charge >= 0.3 is 0 Å². The van der Waals surface area contributed by atoms with Crippen molar-refractivity contribution in [2.24, 2.45) is 0 Å². The quantitative estimate of drug-likeness (QED) is 0.596. The van der Waals surface area contributed by atoms with Gasteiger partial charge in [0.25, 0.3) is 5.78 Å². The number of benzene rings is 2. The molecule has 0 unspecified atom stereocenters. The second-order valence-electron chi connectivity index (χ2n) is 5.97. The molecule has 0 atom stereocenters. The van der Waals surface area contributed by atoms with Crippen LogP contribution in [0.15, 0.2) is 54.6 Å². The number of aromatic nitrogens is 4. The molecule has 4 aromatic rings. The van der Waals surface area contributed by atoms with Gasteiger partial charge in [0, 0.05) is 29.1 Å². The molecule has 0 bridgehead atoms. The van der Waals surface area contributed by atoms with E-state index in [2.05, 4.69) is 20.4 Å². The largest absolute Gasteiger partial charge is 0.508 e. The van der Waals surface area contributed by atoms with E-state index in [-0.39, 0.29) is 5.75 Å². The third-order valence-corrected chi connectivity index (χ3v) is 3.84. The minimum atomic E-state index is 0.200. The summed E-state index contributed by atoms with van der Waals surface area (Å²) in [7, 11) is 0. The Labute approximate surface area is 144 Å². The number of hydrogen-bond donors (Lipinski definition) is 2. The van der Waals surface area contributed by atoms with Gasteiger partial charge in [-0.1, -0.05) is 29.8 Å². The molecule has 0 fully saturated rings. The Morgan fingerprint density at radius 1 is 0.960 bits per heavy atom. The molecular formula is C19H17N5O. The van der Waals surface area contributed by atoms with E-state index in [0.29, 0.717) is 11.6 Å². The Hall–Kier alpha value is -3.41. The number of aryl methyl sites for hydroxylation is 2. The lowest BCUT2D eigenvalue weighted by Crippen LogP contribution is -2.02. The number of rotatable bonds is 3. The van der Waals surface area contributed by atoms with Crippen LogP contribution in [0.5, 0.6) is 5.75 Å². The second-order valence-corrected chi connectivity index (χ2v) is 5.97. The molecule has 0 saturated heterocycles. The van der Waals surface area contributed by atoms with E-state index in [0.717, 1.165) is 28.3 Å². The van der Waals surface area contributed by atoms with E-state index in [1.54, 1.807) is 22.7 Å². The van der Waals surface area contributed by atoms with Crippen LogP contribution in [0.4, 0.5) is 11.5 Å². The van der Waals surface area contributed by atoms with Crippen LogP contribution in [-0.2, 0) is 0 Å². The molecule has 2 aromatic heterocycles. The molecule has 0 aliphatic carbocycles. The number of hydrogen-bond acceptors (Lipinski definition) is 5. The maximum atomic E-state index is 9.65. The smallest absolute Gasteiger partial charge is 0.254 e. The van der Waals surface area contributed by atoms with Gasteiger partial charge in [0.15, 0.2) is 5.82 Å². The fourth-order valence-corrected chi connectivity index (χ4v) is 2.71. The van der Waals surface area contributed by atoms with Crippen molar-refractivity contribution < 1.29 is 5.11 Å². The summed E-state index contributed by atoms with van der Waals surface area (Å²) in [5.74, 6) is 2.09. The number of anilines is 2. The first-order chi connectivity index (χ1) is 12.1. The summed E-state index contributed by atoms with van der Waals surface area (Å²) in [6, 6.07) is 16.9. The van der Waals surface area contributed by atoms with E-state index >= 15 is 0 Å². The standard InChI is InChI=1S/C19H17N5O/c1-12-5-3-6-14(9-12)18-22-19-20-13(2)10-17(24(19)23-18)21-15-7-4-8-16(25)11-15/h3-11,21,25H,1-2H3. The molecule has 0 amide bonds. The summed E-state index contributed by atoms with van der Waals surface area (Å²) >= 11 is 0. The Kier molecular flexibility index (Phi) is 3.57. The summed E-state index contributed by atoms with van der Waals surface area (Å²) in [6.07, 6.45) is 0. The highest BCUT2D eigenvalue weighted by atomic mass is 16.3. The molecule has 6 heteroatoms. The summed E-state index contributed by atoms with van der Waals surface area (Å²) in [5.41, 5.74) is 3.70. The zero-order valence-corrected chi connectivity index (χ0v) is 13.9. The SMILES string of the molecule is Cc1cccc(-c2nc3nc(C)cc(Nc4cccc(O)c4)n3n2)c1. The fraction of sp³-hybridized carbons (Fsp3) is 0.105. The van der Waals surface area contributed by atoms with Crippen molar-refractivity contribution in [2.75, 3.05) is 5.32 Å². The molecule has 0 aliphatic heterocycles. The predicted molar refractivity (Wildman–Crippen MR) is 97.1 cm³/mol. The molecule has 2 N–H and O–H groups in total. The van der Waals surface area contributed by atoms with Crippen molar-refractivity contribution in [3.63, 3.8) is 0 Å². The molecule has 0 aliphatic rings. The van der Waals surface area contributed by atoms with Crippen LogP contribution < -0.4 is 5.32 Å². The molecule has 124 valence electrons. The Morgan fingerprint density at radius 3 is 2.60 bits per heavy atom. The van der Waals surface area contributed by atoms with Gasteiger partial charge in [0.2, 0.25) is 0 Å². The molecule has 6 nitrogen and oxygen atoms in total. The van der Waals surface area contributed by atoms with E-state index in [4.69, 9.17) is 0 Å². The number of fused-ring (bicyclic) bond motifs is 1. The van der Waals surface area contributed by atoms with Crippen LogP contribution in [0, 0.1) is 13.8 Å². The molecule has 25 heavy (non-hydrogen) atoms. The van der Waals surface area contributed by atoms with Gasteiger partial charge in [-0.3, -0.25) is 0 Å². The minimum absolute atomic E-state index is 0.200. The Balaban J connectivity index is 1.82. The van der Waals surface area contributed by atoms with E-state index in [1.165, 1.54) is 0 Å². The van der Waals surface area contributed by atoms with Gasteiger partial charge in [-0.25, -0.2) is 4.98 Å². The third-order valence-electron chi connectivity index (χ3n) is 3.84. The van der Waals surface area contributed by atoms with Crippen molar-refractivity contribution in [2.45, 2.75) is 13.8 Å². The van der Waals surface area contributed by atoms with Crippen LogP contribution >= 0.6 is 0 Å². The zero-order chi connectivity index (χ0) is 17.4. The Morgan fingerprint density at radius 2 is 1.80 bits per heavy atom. The Bertz CT molecular complexity index is 1070. The highest BCUT2D eigenvalue weighted by Crippen LogP contribution is 2.23. The third kappa shape index (κ3) is 3.01. The lowest BCUT2D eigenvalue weighted by molar-refractivity contribution is 0.475. The van der Waals surface area contributed by atoms with Crippen LogP contribution in [0.1, 0.15) is 11.3 Å². The number of phenolic OH excluding ortho intramolecular Hbond substituents is 1. The first kappa shape index (κ1) is 15.1. The molecule has 2 aromatic carbocycles. The molecule has 0 saturated carbocycles. The summed E-state index contributed by atoms with van der Waals surface area (Å²) in [6.45, 7) is 3.95. The van der Waals surface area contributed by atoms with E-state index in [1.807, 2.05) is 50.2 Å². The van der Waals surface area contributed by atoms with Crippen molar-refractivity contribution in [1.82, 2.24) is 19.6 Å². The van der Waals surface area contributed by atoms with Gasteiger partial charge < -0.3 is 10.4 Å². The van der Waals surface area contributed by atoms with Gasteiger partial charge in [0.1, 0.15) is 11.6 Å². The monoisotopic (exact) mass is 331 g/mol. The van der Waals surface area contributed by atoms with Crippen LogP contribution in [0.2, 0.25) is 0 Å². The van der Waals surface area contributed by atoms with E-state index in [9.17, 15) is 5.11 Å². The molecule has 0 radical (unpaired) electrons. The fourth-order valence-electron chi connectivity index (χ4n) is 2.71. The number of nitrogens with one attached hydrogen (secondary N) is 1. The summed E-state index contributed by atoms with van der Waals surface area (Å²) < 4.78 is 1.68. The van der Waals surface area contributed by atoms with Crippen LogP contribution in [-0.4, -0.2) is 24.7 Å². The molecular weight excluding hydrogens is 314 g/mol. The summed E-state index contributed by atoms with van der Waals surface area (Å²) in [5, 5.41) is 17.5. The number of phenols is 1. The molecule has 4 rings (SSSR count). The van der Waals surface area contributed by atoms with Gasteiger partial charge in [-0.15, -0.1) is 5.10 Å². The first-order valence-electron chi connectivity index (χ1n) is 7.96. The maximum Gasteiger partial charge on any atom is 0.254 e.